The monoisotopic (exact) mass is 340 g/mol. The van der Waals surface area contributed by atoms with Crippen LogP contribution in [0.3, 0.4) is 0 Å². The molecule has 3 aromatic rings. The summed E-state index contributed by atoms with van der Waals surface area (Å²) >= 11 is 0. The van der Waals surface area contributed by atoms with Crippen molar-refractivity contribution in [3.05, 3.63) is 52.5 Å². The molecule has 1 saturated heterocycles. The van der Waals surface area contributed by atoms with Gasteiger partial charge in [0.15, 0.2) is 0 Å². The normalized spacial score (nSPS) is 19.1. The van der Waals surface area contributed by atoms with Gasteiger partial charge in [0.05, 0.1) is 11.7 Å². The number of H-pyrrole nitrogens is 1. The number of nitrogens with zero attached hydrogens (tertiary/aromatic N) is 5. The lowest BCUT2D eigenvalue weighted by Gasteiger charge is -2.35. The average molecular weight is 340 g/mol. The van der Waals surface area contributed by atoms with Crippen LogP contribution in [0, 0.1) is 0 Å². The summed E-state index contributed by atoms with van der Waals surface area (Å²) in [5.74, 6) is 0.611. The van der Waals surface area contributed by atoms with Crippen LogP contribution in [0.2, 0.25) is 0 Å². The maximum atomic E-state index is 12.3. The van der Waals surface area contributed by atoms with E-state index >= 15 is 0 Å². The highest BCUT2D eigenvalue weighted by atomic mass is 16.1. The molecule has 4 rings (SSSR count). The maximum absolute atomic E-state index is 12.3. The number of piperidine rings is 1. The number of likely N-dealkylation sites (tertiary alicyclic amines) is 1. The number of aromatic nitrogens is 5. The Labute approximate surface area is 146 Å². The molecule has 0 saturated carbocycles. The third kappa shape index (κ3) is 3.00. The molecule has 7 nitrogen and oxygen atoms in total. The first-order chi connectivity index (χ1) is 12.1. The first kappa shape index (κ1) is 16.1. The lowest BCUT2D eigenvalue weighted by molar-refractivity contribution is 0.132. The van der Waals surface area contributed by atoms with Gasteiger partial charge in [-0.25, -0.2) is 4.98 Å². The van der Waals surface area contributed by atoms with Gasteiger partial charge in [-0.1, -0.05) is 6.42 Å². The molecule has 1 aliphatic heterocycles. The van der Waals surface area contributed by atoms with Crippen LogP contribution in [0.15, 0.2) is 35.5 Å². The number of aromatic amines is 1. The van der Waals surface area contributed by atoms with Crippen LogP contribution in [-0.2, 0) is 6.54 Å². The maximum Gasteiger partial charge on any atom is 0.259 e. The molecule has 0 amide bonds. The Kier molecular flexibility index (Phi) is 4.17. The van der Waals surface area contributed by atoms with Gasteiger partial charge in [-0.15, -0.1) is 0 Å². The highest BCUT2D eigenvalue weighted by Crippen LogP contribution is 2.31. The quantitative estimate of drug-likeness (QED) is 0.792. The summed E-state index contributed by atoms with van der Waals surface area (Å²) in [4.78, 5) is 22.4. The van der Waals surface area contributed by atoms with Crippen molar-refractivity contribution < 1.29 is 0 Å². The van der Waals surface area contributed by atoms with Gasteiger partial charge in [0.1, 0.15) is 0 Å². The minimum absolute atomic E-state index is 0.0287. The van der Waals surface area contributed by atoms with E-state index in [4.69, 9.17) is 0 Å². The number of nitrogens with one attached hydrogen (secondary N) is 1. The molecule has 3 aromatic heterocycles. The van der Waals surface area contributed by atoms with E-state index in [1.165, 1.54) is 18.5 Å². The first-order valence-corrected chi connectivity index (χ1v) is 8.96. The van der Waals surface area contributed by atoms with Crippen LogP contribution < -0.4 is 5.56 Å². The Hall–Kier alpha value is -2.41. The van der Waals surface area contributed by atoms with E-state index in [-0.39, 0.29) is 11.6 Å². The van der Waals surface area contributed by atoms with Crippen molar-refractivity contribution in [2.75, 3.05) is 6.54 Å². The van der Waals surface area contributed by atoms with Crippen molar-refractivity contribution in [2.45, 2.75) is 51.7 Å². The highest BCUT2D eigenvalue weighted by Gasteiger charge is 2.26. The third-order valence-electron chi connectivity index (χ3n) is 4.99. The fraction of sp³-hybridized carbons (Fsp3) is 0.500. The molecule has 1 N–H and O–H groups in total. The van der Waals surface area contributed by atoms with Gasteiger partial charge >= 0.3 is 0 Å². The Bertz CT molecular complexity index is 921. The smallest absolute Gasteiger partial charge is 0.259 e. The molecule has 0 spiro atoms. The Balaban J connectivity index is 1.66. The second kappa shape index (κ2) is 6.48. The zero-order valence-electron chi connectivity index (χ0n) is 14.7. The van der Waals surface area contributed by atoms with Crippen molar-refractivity contribution in [3.63, 3.8) is 0 Å². The van der Waals surface area contributed by atoms with Gasteiger partial charge in [0.25, 0.3) is 5.56 Å². The van der Waals surface area contributed by atoms with Crippen molar-refractivity contribution in [2.24, 2.45) is 0 Å². The zero-order chi connectivity index (χ0) is 17.4. The molecule has 1 atom stereocenters. The summed E-state index contributed by atoms with van der Waals surface area (Å²) in [6.07, 6.45) is 8.61. The second-order valence-corrected chi connectivity index (χ2v) is 7.03. The summed E-state index contributed by atoms with van der Waals surface area (Å²) in [6.45, 7) is 6.15. The lowest BCUT2D eigenvalue weighted by atomic mass is 9.99. The van der Waals surface area contributed by atoms with Gasteiger partial charge < -0.3 is 4.98 Å². The van der Waals surface area contributed by atoms with E-state index in [0.29, 0.717) is 11.8 Å². The standard InChI is InChI=1S/C18H24N6O/c1-13(2)24-14(6-7-20-24)12-22-9-4-3-5-16(22)15-11-17(25)23-10-8-19-18(23)21-15/h6-8,10-11,13,16H,3-5,9,12H2,1-2H3,(H,19,21)/t16-/m0/s1. The first-order valence-electron chi connectivity index (χ1n) is 8.96. The number of fused-ring (bicyclic) bond motifs is 1. The van der Waals surface area contributed by atoms with Crippen LogP contribution in [0.1, 0.15) is 56.6 Å². The van der Waals surface area contributed by atoms with E-state index in [9.17, 15) is 4.79 Å². The summed E-state index contributed by atoms with van der Waals surface area (Å²) in [7, 11) is 0. The van der Waals surface area contributed by atoms with Crippen molar-refractivity contribution in [1.82, 2.24) is 29.0 Å². The van der Waals surface area contributed by atoms with Gasteiger partial charge in [0, 0.05) is 42.9 Å². The molecule has 0 radical (unpaired) electrons. The molecular weight excluding hydrogens is 316 g/mol. The van der Waals surface area contributed by atoms with Crippen LogP contribution in [0.25, 0.3) is 5.78 Å². The van der Waals surface area contributed by atoms with Gasteiger partial charge in [-0.2, -0.15) is 5.10 Å². The zero-order valence-corrected chi connectivity index (χ0v) is 14.7. The number of hydrogen-bond acceptors (Lipinski definition) is 4. The van der Waals surface area contributed by atoms with E-state index in [0.717, 1.165) is 25.2 Å². The molecule has 25 heavy (non-hydrogen) atoms. The minimum Gasteiger partial charge on any atom is -0.327 e. The third-order valence-corrected chi connectivity index (χ3v) is 4.99. The van der Waals surface area contributed by atoms with E-state index < -0.39 is 0 Å². The minimum atomic E-state index is -0.0287. The summed E-state index contributed by atoms with van der Waals surface area (Å²) in [5, 5.41) is 4.45. The number of imidazole rings is 1. The molecule has 1 fully saturated rings. The average Bonchev–Trinajstić information content (AvgIpc) is 3.24. The summed E-state index contributed by atoms with van der Waals surface area (Å²) in [6, 6.07) is 4.36. The van der Waals surface area contributed by atoms with Crippen LogP contribution >= 0.6 is 0 Å². The molecule has 4 heterocycles. The van der Waals surface area contributed by atoms with E-state index in [1.54, 1.807) is 22.9 Å². The predicted octanol–water partition coefficient (Wildman–Crippen LogP) is 2.53. The molecule has 0 aliphatic carbocycles. The largest absolute Gasteiger partial charge is 0.327 e. The van der Waals surface area contributed by atoms with E-state index in [2.05, 4.69) is 44.6 Å². The second-order valence-electron chi connectivity index (χ2n) is 7.03. The van der Waals surface area contributed by atoms with Gasteiger partial charge in [-0.3, -0.25) is 18.8 Å². The van der Waals surface area contributed by atoms with Gasteiger partial charge in [-0.05, 0) is 39.3 Å². The van der Waals surface area contributed by atoms with Crippen molar-refractivity contribution in [3.8, 4) is 0 Å². The van der Waals surface area contributed by atoms with Crippen molar-refractivity contribution >= 4 is 5.78 Å². The summed E-state index contributed by atoms with van der Waals surface area (Å²) in [5.41, 5.74) is 2.14. The lowest BCUT2D eigenvalue weighted by Crippen LogP contribution is -2.35. The highest BCUT2D eigenvalue weighted by molar-refractivity contribution is 5.30. The SMILES string of the molecule is CC(C)n1nccc1CN1CCCC[C@H]1c1cc(=O)n2ccnc2[nH]1. The Morgan fingerprint density at radius 3 is 3.04 bits per heavy atom. The predicted molar refractivity (Wildman–Crippen MR) is 95.4 cm³/mol. The Morgan fingerprint density at radius 2 is 2.20 bits per heavy atom. The molecule has 7 heteroatoms. The van der Waals surface area contributed by atoms with Crippen LogP contribution in [0.4, 0.5) is 0 Å². The fourth-order valence-electron chi connectivity index (χ4n) is 3.79. The molecule has 132 valence electrons. The Morgan fingerprint density at radius 1 is 1.32 bits per heavy atom. The number of rotatable bonds is 4. The molecule has 0 bridgehead atoms. The van der Waals surface area contributed by atoms with Crippen molar-refractivity contribution in [1.29, 1.82) is 0 Å². The summed E-state index contributed by atoms with van der Waals surface area (Å²) < 4.78 is 3.62. The molecule has 0 aromatic carbocycles. The van der Waals surface area contributed by atoms with Crippen LogP contribution in [-0.4, -0.2) is 35.6 Å². The van der Waals surface area contributed by atoms with Crippen LogP contribution in [0.5, 0.6) is 0 Å². The molecule has 0 unspecified atom stereocenters. The molecule has 1 aliphatic rings. The van der Waals surface area contributed by atoms with Gasteiger partial charge in [0.2, 0.25) is 5.78 Å². The molecular formula is C18H24N6O. The topological polar surface area (TPSA) is 71.2 Å². The number of hydrogen-bond donors (Lipinski definition) is 1. The fourth-order valence-corrected chi connectivity index (χ4v) is 3.79. The van der Waals surface area contributed by atoms with E-state index in [1.807, 2.05) is 6.20 Å².